The Morgan fingerprint density at radius 3 is 2.56 bits per heavy atom. The molecular formula is C13H17N3. The topological polar surface area (TPSA) is 43.8 Å². The van der Waals surface area contributed by atoms with Gasteiger partial charge in [0.05, 0.1) is 5.69 Å². The van der Waals surface area contributed by atoms with Gasteiger partial charge in [0.1, 0.15) is 11.6 Å². The number of rotatable bonds is 3. The van der Waals surface area contributed by atoms with Crippen LogP contribution in [0.25, 0.3) is 11.4 Å². The minimum atomic E-state index is 0.778. The molecule has 3 nitrogen and oxygen atoms in total. The number of nitrogens with zero attached hydrogens (tertiary/aromatic N) is 2. The van der Waals surface area contributed by atoms with Gasteiger partial charge in [0.25, 0.3) is 0 Å². The molecule has 2 N–H and O–H groups in total. The molecule has 0 aliphatic heterocycles. The van der Waals surface area contributed by atoms with Gasteiger partial charge in [0, 0.05) is 12.6 Å². The van der Waals surface area contributed by atoms with E-state index in [0.29, 0.717) is 0 Å². The fourth-order valence-corrected chi connectivity index (χ4v) is 1.83. The average molecular weight is 215 g/mol. The van der Waals surface area contributed by atoms with Crippen LogP contribution >= 0.6 is 0 Å². The summed E-state index contributed by atoms with van der Waals surface area (Å²) in [7, 11) is 1.96. The molecule has 0 unspecified atom stereocenters. The zero-order chi connectivity index (χ0) is 11.5. The van der Waals surface area contributed by atoms with Gasteiger partial charge in [-0.3, -0.25) is 0 Å². The Balaban J connectivity index is 2.46. The molecule has 0 aliphatic carbocycles. The Morgan fingerprint density at radius 1 is 1.25 bits per heavy atom. The highest BCUT2D eigenvalue weighted by molar-refractivity contribution is 5.60. The summed E-state index contributed by atoms with van der Waals surface area (Å²) < 4.78 is 1.96. The van der Waals surface area contributed by atoms with Crippen LogP contribution < -0.4 is 5.73 Å². The molecule has 84 valence electrons. The first kappa shape index (κ1) is 10.7. The number of nitrogen functional groups attached to an aromatic ring is 1. The van der Waals surface area contributed by atoms with Crippen molar-refractivity contribution in [2.45, 2.75) is 19.8 Å². The van der Waals surface area contributed by atoms with Crippen LogP contribution in [0.1, 0.15) is 19.0 Å². The van der Waals surface area contributed by atoms with Gasteiger partial charge in [-0.15, -0.1) is 0 Å². The fraction of sp³-hybridized carbons (Fsp3) is 0.308. The lowest BCUT2D eigenvalue weighted by Crippen LogP contribution is -1.99. The summed E-state index contributed by atoms with van der Waals surface area (Å²) in [6.07, 6.45) is 2.00. The number of imidazole rings is 1. The van der Waals surface area contributed by atoms with Crippen molar-refractivity contribution in [2.24, 2.45) is 7.05 Å². The largest absolute Gasteiger partial charge is 0.384 e. The molecule has 0 atom stereocenters. The molecule has 16 heavy (non-hydrogen) atoms. The van der Waals surface area contributed by atoms with E-state index in [4.69, 9.17) is 5.73 Å². The molecule has 0 saturated heterocycles. The predicted octanol–water partition coefficient (Wildman–Crippen LogP) is 2.62. The number of hydrogen-bond acceptors (Lipinski definition) is 2. The normalized spacial score (nSPS) is 10.6. The van der Waals surface area contributed by atoms with Gasteiger partial charge in [-0.05, 0) is 6.42 Å². The van der Waals surface area contributed by atoms with Gasteiger partial charge in [-0.1, -0.05) is 43.7 Å². The monoisotopic (exact) mass is 215 g/mol. The lowest BCUT2D eigenvalue weighted by Gasteiger charge is -2.02. The molecule has 0 fully saturated rings. The van der Waals surface area contributed by atoms with E-state index in [2.05, 4.69) is 24.0 Å². The van der Waals surface area contributed by atoms with E-state index in [1.54, 1.807) is 0 Å². The summed E-state index contributed by atoms with van der Waals surface area (Å²) in [5, 5.41) is 0. The summed E-state index contributed by atoms with van der Waals surface area (Å²) in [5.74, 6) is 1.72. The number of benzene rings is 1. The first-order chi connectivity index (χ1) is 7.74. The summed E-state index contributed by atoms with van der Waals surface area (Å²) in [5.41, 5.74) is 8.14. The van der Waals surface area contributed by atoms with Crippen molar-refractivity contribution >= 4 is 5.82 Å². The Bertz CT molecular complexity index is 471. The standard InChI is InChI=1S/C13H17N3/c1-3-7-11-12(14)16(2)13(15-11)10-8-5-4-6-9-10/h4-6,8-9H,3,7,14H2,1-2H3. The minimum Gasteiger partial charge on any atom is -0.384 e. The van der Waals surface area contributed by atoms with Crippen molar-refractivity contribution in [2.75, 3.05) is 5.73 Å². The van der Waals surface area contributed by atoms with E-state index in [1.165, 1.54) is 0 Å². The molecule has 1 aromatic carbocycles. The zero-order valence-corrected chi connectivity index (χ0v) is 9.77. The average Bonchev–Trinajstić information content (AvgIpc) is 2.59. The maximum absolute atomic E-state index is 6.03. The van der Waals surface area contributed by atoms with E-state index in [0.717, 1.165) is 35.7 Å². The van der Waals surface area contributed by atoms with Gasteiger partial charge in [-0.25, -0.2) is 4.98 Å². The van der Waals surface area contributed by atoms with Gasteiger partial charge < -0.3 is 10.3 Å². The van der Waals surface area contributed by atoms with E-state index in [9.17, 15) is 0 Å². The van der Waals surface area contributed by atoms with Gasteiger partial charge >= 0.3 is 0 Å². The molecule has 0 radical (unpaired) electrons. The van der Waals surface area contributed by atoms with Crippen LogP contribution in [-0.2, 0) is 13.5 Å². The fourth-order valence-electron chi connectivity index (χ4n) is 1.83. The summed E-state index contributed by atoms with van der Waals surface area (Å²) >= 11 is 0. The molecule has 2 aromatic rings. The van der Waals surface area contributed by atoms with Crippen LogP contribution in [0, 0.1) is 0 Å². The van der Waals surface area contributed by atoms with E-state index in [1.807, 2.05) is 29.8 Å². The Hall–Kier alpha value is -1.77. The van der Waals surface area contributed by atoms with Crippen LogP contribution in [0.3, 0.4) is 0 Å². The van der Waals surface area contributed by atoms with Gasteiger partial charge in [0.15, 0.2) is 0 Å². The SMILES string of the molecule is CCCc1nc(-c2ccccc2)n(C)c1N. The van der Waals surface area contributed by atoms with Crippen molar-refractivity contribution < 1.29 is 0 Å². The zero-order valence-electron chi connectivity index (χ0n) is 9.77. The van der Waals surface area contributed by atoms with Gasteiger partial charge in [-0.2, -0.15) is 0 Å². The highest BCUT2D eigenvalue weighted by Gasteiger charge is 2.12. The maximum Gasteiger partial charge on any atom is 0.141 e. The molecule has 0 amide bonds. The lowest BCUT2D eigenvalue weighted by atomic mass is 10.2. The highest BCUT2D eigenvalue weighted by atomic mass is 15.1. The molecule has 3 heteroatoms. The molecule has 1 heterocycles. The van der Waals surface area contributed by atoms with Crippen molar-refractivity contribution in [3.8, 4) is 11.4 Å². The number of aromatic nitrogens is 2. The first-order valence-electron chi connectivity index (χ1n) is 5.60. The molecule has 2 rings (SSSR count). The van der Waals surface area contributed by atoms with Crippen LogP contribution in [0.2, 0.25) is 0 Å². The van der Waals surface area contributed by atoms with Crippen molar-refractivity contribution in [1.29, 1.82) is 0 Å². The second-order valence-electron chi connectivity index (χ2n) is 3.94. The van der Waals surface area contributed by atoms with Crippen molar-refractivity contribution in [3.63, 3.8) is 0 Å². The highest BCUT2D eigenvalue weighted by Crippen LogP contribution is 2.23. The summed E-state index contributed by atoms with van der Waals surface area (Å²) in [6.45, 7) is 2.14. The Labute approximate surface area is 95.9 Å². The molecule has 0 bridgehead atoms. The Kier molecular flexibility index (Phi) is 2.95. The lowest BCUT2D eigenvalue weighted by molar-refractivity contribution is 0.892. The van der Waals surface area contributed by atoms with E-state index >= 15 is 0 Å². The first-order valence-corrected chi connectivity index (χ1v) is 5.60. The molecule has 0 saturated carbocycles. The van der Waals surface area contributed by atoms with Crippen molar-refractivity contribution in [3.05, 3.63) is 36.0 Å². The van der Waals surface area contributed by atoms with Crippen LogP contribution in [0.4, 0.5) is 5.82 Å². The third-order valence-electron chi connectivity index (χ3n) is 2.73. The summed E-state index contributed by atoms with van der Waals surface area (Å²) in [4.78, 5) is 4.61. The quantitative estimate of drug-likeness (QED) is 0.855. The van der Waals surface area contributed by atoms with Crippen molar-refractivity contribution in [1.82, 2.24) is 9.55 Å². The second kappa shape index (κ2) is 4.39. The second-order valence-corrected chi connectivity index (χ2v) is 3.94. The molecule has 0 spiro atoms. The van der Waals surface area contributed by atoms with E-state index in [-0.39, 0.29) is 0 Å². The third-order valence-corrected chi connectivity index (χ3v) is 2.73. The minimum absolute atomic E-state index is 0.778. The smallest absolute Gasteiger partial charge is 0.141 e. The maximum atomic E-state index is 6.03. The molecular weight excluding hydrogens is 198 g/mol. The number of nitrogens with two attached hydrogens (primary N) is 1. The van der Waals surface area contributed by atoms with Crippen LogP contribution in [0.15, 0.2) is 30.3 Å². The Morgan fingerprint density at radius 2 is 1.94 bits per heavy atom. The van der Waals surface area contributed by atoms with E-state index < -0.39 is 0 Å². The van der Waals surface area contributed by atoms with Gasteiger partial charge in [0.2, 0.25) is 0 Å². The summed E-state index contributed by atoms with van der Waals surface area (Å²) in [6, 6.07) is 10.1. The predicted molar refractivity (Wildman–Crippen MR) is 67.1 cm³/mol. The van der Waals surface area contributed by atoms with Crippen LogP contribution in [-0.4, -0.2) is 9.55 Å². The number of hydrogen-bond donors (Lipinski definition) is 1. The third kappa shape index (κ3) is 1.81. The molecule has 0 aliphatic rings. The molecule has 1 aromatic heterocycles. The van der Waals surface area contributed by atoms with Crippen LogP contribution in [0.5, 0.6) is 0 Å². The number of anilines is 1. The number of aryl methyl sites for hydroxylation is 1.